The third-order valence-electron chi connectivity index (χ3n) is 5.40. The van der Waals surface area contributed by atoms with Gasteiger partial charge in [0.05, 0.1) is 8.95 Å². The SMILES string of the molecule is CC(C)c1cc(Oc2c(Br)cc(NC(=O)C3(C(=O)O)CCCC3)cc2Br)ccc1O. The van der Waals surface area contributed by atoms with E-state index in [1.807, 2.05) is 13.8 Å². The average molecular weight is 541 g/mol. The number of halogens is 2. The smallest absolute Gasteiger partial charge is 0.319 e. The number of phenols is 1. The molecule has 1 amide bonds. The van der Waals surface area contributed by atoms with Crippen LogP contribution in [0.5, 0.6) is 17.2 Å². The Morgan fingerprint density at radius 3 is 2.23 bits per heavy atom. The maximum atomic E-state index is 12.7. The number of aliphatic carboxylic acids is 1. The number of ether oxygens (including phenoxy) is 1. The number of hydrogen-bond acceptors (Lipinski definition) is 4. The predicted molar refractivity (Wildman–Crippen MR) is 121 cm³/mol. The summed E-state index contributed by atoms with van der Waals surface area (Å²) in [5, 5.41) is 22.3. The number of rotatable bonds is 6. The fraction of sp³-hybridized carbons (Fsp3) is 0.364. The number of carbonyl (C=O) groups excluding carboxylic acids is 1. The Hall–Kier alpha value is -2.06. The molecule has 0 aromatic heterocycles. The van der Waals surface area contributed by atoms with Gasteiger partial charge in [-0.3, -0.25) is 9.59 Å². The molecule has 2 aromatic rings. The van der Waals surface area contributed by atoms with Crippen molar-refractivity contribution in [2.45, 2.75) is 45.4 Å². The molecule has 0 unspecified atom stereocenters. The van der Waals surface area contributed by atoms with Gasteiger partial charge in [-0.05, 0) is 81.0 Å². The molecule has 1 saturated carbocycles. The summed E-state index contributed by atoms with van der Waals surface area (Å²) in [5.74, 6) is -0.167. The van der Waals surface area contributed by atoms with Crippen LogP contribution in [-0.2, 0) is 9.59 Å². The lowest BCUT2D eigenvalue weighted by Crippen LogP contribution is -2.40. The van der Waals surface area contributed by atoms with Gasteiger partial charge in [0, 0.05) is 11.3 Å². The van der Waals surface area contributed by atoms with E-state index < -0.39 is 17.3 Å². The molecular weight excluding hydrogens is 518 g/mol. The molecule has 6 nitrogen and oxygen atoms in total. The Labute approximate surface area is 191 Å². The molecule has 3 rings (SSSR count). The van der Waals surface area contributed by atoms with Crippen molar-refractivity contribution in [3.63, 3.8) is 0 Å². The Morgan fingerprint density at radius 2 is 1.70 bits per heavy atom. The summed E-state index contributed by atoms with van der Waals surface area (Å²) in [5.41, 5.74) is -0.126. The van der Waals surface area contributed by atoms with Gasteiger partial charge >= 0.3 is 5.97 Å². The molecule has 160 valence electrons. The van der Waals surface area contributed by atoms with Gasteiger partial charge in [-0.2, -0.15) is 0 Å². The zero-order chi connectivity index (χ0) is 22.1. The van der Waals surface area contributed by atoms with Crippen LogP contribution in [0.25, 0.3) is 0 Å². The van der Waals surface area contributed by atoms with E-state index in [1.54, 1.807) is 30.3 Å². The molecule has 1 fully saturated rings. The van der Waals surface area contributed by atoms with Crippen LogP contribution in [0.15, 0.2) is 39.3 Å². The molecule has 1 aliphatic rings. The van der Waals surface area contributed by atoms with Gasteiger partial charge in [0.25, 0.3) is 0 Å². The van der Waals surface area contributed by atoms with Gasteiger partial charge in [0.1, 0.15) is 16.9 Å². The fourth-order valence-corrected chi connectivity index (χ4v) is 5.02. The number of aromatic hydroxyl groups is 1. The summed E-state index contributed by atoms with van der Waals surface area (Å²) >= 11 is 6.92. The number of carboxylic acid groups (broad SMARTS) is 1. The van der Waals surface area contributed by atoms with Crippen LogP contribution >= 0.6 is 31.9 Å². The zero-order valence-electron chi connectivity index (χ0n) is 16.7. The Morgan fingerprint density at radius 1 is 1.10 bits per heavy atom. The zero-order valence-corrected chi connectivity index (χ0v) is 19.8. The number of phenolic OH excluding ortho intramolecular Hbond substituents is 1. The molecule has 0 atom stereocenters. The fourth-order valence-electron chi connectivity index (χ4n) is 3.67. The Bertz CT molecular complexity index is 960. The maximum Gasteiger partial charge on any atom is 0.319 e. The number of amides is 1. The third kappa shape index (κ3) is 4.49. The molecule has 0 aliphatic heterocycles. The highest BCUT2D eigenvalue weighted by atomic mass is 79.9. The summed E-state index contributed by atoms with van der Waals surface area (Å²) < 4.78 is 7.16. The molecule has 0 spiro atoms. The monoisotopic (exact) mass is 539 g/mol. The second kappa shape index (κ2) is 8.98. The molecule has 0 bridgehead atoms. The van der Waals surface area contributed by atoms with Crippen LogP contribution in [0.3, 0.4) is 0 Å². The summed E-state index contributed by atoms with van der Waals surface area (Å²) in [6.07, 6.45) is 2.14. The second-order valence-corrected chi connectivity index (χ2v) is 9.50. The van der Waals surface area contributed by atoms with Crippen LogP contribution in [-0.4, -0.2) is 22.1 Å². The van der Waals surface area contributed by atoms with E-state index in [2.05, 4.69) is 37.2 Å². The first-order chi connectivity index (χ1) is 14.1. The number of benzene rings is 2. The van der Waals surface area contributed by atoms with Crippen LogP contribution in [0.2, 0.25) is 0 Å². The van der Waals surface area contributed by atoms with Crippen molar-refractivity contribution in [1.82, 2.24) is 0 Å². The minimum Gasteiger partial charge on any atom is -0.508 e. The Balaban J connectivity index is 1.83. The number of anilines is 1. The minimum absolute atomic E-state index is 0.134. The van der Waals surface area contributed by atoms with E-state index in [-0.39, 0.29) is 11.7 Å². The van der Waals surface area contributed by atoms with E-state index >= 15 is 0 Å². The second-order valence-electron chi connectivity index (χ2n) is 7.79. The molecule has 30 heavy (non-hydrogen) atoms. The summed E-state index contributed by atoms with van der Waals surface area (Å²) in [4.78, 5) is 24.5. The number of nitrogens with one attached hydrogen (secondary N) is 1. The quantitative estimate of drug-likeness (QED) is 0.367. The van der Waals surface area contributed by atoms with E-state index in [0.29, 0.717) is 39.0 Å². The van der Waals surface area contributed by atoms with Gasteiger partial charge in [-0.1, -0.05) is 26.7 Å². The lowest BCUT2D eigenvalue weighted by molar-refractivity contribution is -0.153. The van der Waals surface area contributed by atoms with Gasteiger partial charge < -0.3 is 20.3 Å². The van der Waals surface area contributed by atoms with Crippen LogP contribution in [0, 0.1) is 5.41 Å². The van der Waals surface area contributed by atoms with Crippen molar-refractivity contribution < 1.29 is 24.5 Å². The molecular formula is C22H23Br2NO5. The van der Waals surface area contributed by atoms with Gasteiger partial charge in [0.15, 0.2) is 5.75 Å². The largest absolute Gasteiger partial charge is 0.508 e. The molecule has 1 aliphatic carbocycles. The molecule has 0 radical (unpaired) electrons. The lowest BCUT2D eigenvalue weighted by atomic mass is 9.85. The molecule has 0 heterocycles. The van der Waals surface area contributed by atoms with E-state index in [9.17, 15) is 19.8 Å². The number of carbonyl (C=O) groups is 2. The molecule has 0 saturated heterocycles. The van der Waals surface area contributed by atoms with Crippen molar-refractivity contribution in [2.24, 2.45) is 5.41 Å². The highest BCUT2D eigenvalue weighted by Crippen LogP contribution is 2.42. The highest BCUT2D eigenvalue weighted by molar-refractivity contribution is 9.11. The third-order valence-corrected chi connectivity index (χ3v) is 6.58. The van der Waals surface area contributed by atoms with Crippen molar-refractivity contribution in [3.05, 3.63) is 44.8 Å². The first-order valence-corrected chi connectivity index (χ1v) is 11.3. The summed E-state index contributed by atoms with van der Waals surface area (Å²) in [6.45, 7) is 3.97. The van der Waals surface area contributed by atoms with Crippen molar-refractivity contribution in [1.29, 1.82) is 0 Å². The van der Waals surface area contributed by atoms with Crippen molar-refractivity contribution >= 4 is 49.4 Å². The summed E-state index contributed by atoms with van der Waals surface area (Å²) in [6, 6.07) is 8.39. The van der Waals surface area contributed by atoms with E-state index in [1.165, 1.54) is 0 Å². The van der Waals surface area contributed by atoms with Crippen molar-refractivity contribution in [2.75, 3.05) is 5.32 Å². The minimum atomic E-state index is -1.37. The first kappa shape index (κ1) is 22.6. The Kier molecular flexibility index (Phi) is 6.77. The highest BCUT2D eigenvalue weighted by Gasteiger charge is 2.48. The van der Waals surface area contributed by atoms with Gasteiger partial charge in [-0.15, -0.1) is 0 Å². The van der Waals surface area contributed by atoms with Gasteiger partial charge in [0.2, 0.25) is 5.91 Å². The van der Waals surface area contributed by atoms with Crippen LogP contribution in [0.4, 0.5) is 5.69 Å². The summed E-state index contributed by atoms with van der Waals surface area (Å²) in [7, 11) is 0. The van der Waals surface area contributed by atoms with E-state index in [4.69, 9.17) is 4.74 Å². The topological polar surface area (TPSA) is 95.9 Å². The van der Waals surface area contributed by atoms with Crippen LogP contribution in [0.1, 0.15) is 51.0 Å². The van der Waals surface area contributed by atoms with Crippen molar-refractivity contribution in [3.8, 4) is 17.2 Å². The molecule has 8 heteroatoms. The van der Waals surface area contributed by atoms with Crippen LogP contribution < -0.4 is 10.1 Å². The number of hydrogen-bond donors (Lipinski definition) is 3. The first-order valence-electron chi connectivity index (χ1n) is 9.68. The lowest BCUT2D eigenvalue weighted by Gasteiger charge is -2.23. The van der Waals surface area contributed by atoms with Gasteiger partial charge in [-0.25, -0.2) is 0 Å². The predicted octanol–water partition coefficient (Wildman–Crippen LogP) is 6.42. The average Bonchev–Trinajstić information content (AvgIpc) is 3.17. The number of carboxylic acids is 1. The molecule has 2 aromatic carbocycles. The molecule has 3 N–H and O–H groups in total. The van der Waals surface area contributed by atoms with E-state index in [0.717, 1.165) is 18.4 Å². The normalized spacial score (nSPS) is 15.2. The maximum absolute atomic E-state index is 12.7. The standard InChI is InChI=1S/C22H23Br2NO5/c1-12(2)15-11-14(5-6-18(15)26)30-19-16(23)9-13(10-17(19)24)25-20(27)22(21(28)29)7-3-4-8-22/h5-6,9-12,26H,3-4,7-8H2,1-2H3,(H,25,27)(H,28,29).